The van der Waals surface area contributed by atoms with E-state index < -0.39 is 0 Å². The van der Waals surface area contributed by atoms with E-state index in [1.54, 1.807) is 18.5 Å². The second-order valence-corrected chi connectivity index (χ2v) is 7.15. The van der Waals surface area contributed by atoms with Gasteiger partial charge in [-0.2, -0.15) is 0 Å². The summed E-state index contributed by atoms with van der Waals surface area (Å²) >= 11 is 1.39. The zero-order valence-electron chi connectivity index (χ0n) is 15.3. The fourth-order valence-corrected chi connectivity index (χ4v) is 3.52. The van der Waals surface area contributed by atoms with Crippen LogP contribution in [0.3, 0.4) is 0 Å². The first kappa shape index (κ1) is 18.1. The first-order valence-electron chi connectivity index (χ1n) is 8.84. The Morgan fingerprint density at radius 1 is 1.39 bits per heavy atom. The number of nitrogens with one attached hydrogen (secondary N) is 1. The van der Waals surface area contributed by atoms with E-state index in [0.29, 0.717) is 29.9 Å². The molecule has 1 atom stereocenters. The summed E-state index contributed by atoms with van der Waals surface area (Å²) in [6.45, 7) is 3.01. The van der Waals surface area contributed by atoms with Crippen molar-refractivity contribution in [2.75, 3.05) is 11.9 Å². The van der Waals surface area contributed by atoms with Crippen LogP contribution in [0.2, 0.25) is 0 Å². The zero-order chi connectivity index (χ0) is 19.3. The minimum absolute atomic E-state index is 0.0243. The molecule has 28 heavy (non-hydrogen) atoms. The summed E-state index contributed by atoms with van der Waals surface area (Å²) in [4.78, 5) is 25.5. The molecule has 4 heterocycles. The van der Waals surface area contributed by atoms with Gasteiger partial charge >= 0.3 is 0 Å². The minimum atomic E-state index is -0.187. The third kappa shape index (κ3) is 4.34. The van der Waals surface area contributed by atoms with Crippen molar-refractivity contribution in [1.29, 1.82) is 0 Å². The number of nitrogens with zero attached hydrogens (tertiary/aromatic N) is 4. The lowest BCUT2D eigenvalue weighted by Crippen LogP contribution is -2.17. The largest absolute Gasteiger partial charge is 0.479 e. The second kappa shape index (κ2) is 8.18. The Kier molecular flexibility index (Phi) is 5.29. The van der Waals surface area contributed by atoms with E-state index >= 15 is 0 Å². The molecule has 4 rings (SSSR count). The quantitative estimate of drug-likeness (QED) is 0.695. The molecule has 3 aromatic rings. The van der Waals surface area contributed by atoms with Crippen molar-refractivity contribution < 1.29 is 9.53 Å². The van der Waals surface area contributed by atoms with Crippen molar-refractivity contribution in [1.82, 2.24) is 14.5 Å². The molecule has 8 heteroatoms. The summed E-state index contributed by atoms with van der Waals surface area (Å²) in [5, 5.41) is 5.33. The molecule has 0 saturated carbocycles. The van der Waals surface area contributed by atoms with E-state index in [1.807, 2.05) is 53.4 Å². The van der Waals surface area contributed by atoms with E-state index in [0.717, 1.165) is 11.3 Å². The third-order valence-electron chi connectivity index (χ3n) is 4.21. The number of pyridine rings is 1. The average molecular weight is 393 g/mol. The van der Waals surface area contributed by atoms with Crippen molar-refractivity contribution in [2.24, 2.45) is 4.99 Å². The molecular weight excluding hydrogens is 374 g/mol. The van der Waals surface area contributed by atoms with Crippen molar-refractivity contribution in [3.8, 4) is 0 Å². The minimum Gasteiger partial charge on any atom is -0.479 e. The molecule has 0 aliphatic carbocycles. The molecule has 0 spiro atoms. The Balaban J connectivity index is 1.40. The lowest BCUT2D eigenvalue weighted by atomic mass is 10.2. The molecule has 1 N–H and O–H groups in total. The van der Waals surface area contributed by atoms with Gasteiger partial charge in [-0.1, -0.05) is 6.08 Å². The van der Waals surface area contributed by atoms with Crippen molar-refractivity contribution in [3.05, 3.63) is 71.3 Å². The average Bonchev–Trinajstić information content (AvgIpc) is 3.42. The predicted molar refractivity (Wildman–Crippen MR) is 110 cm³/mol. The number of hydrogen-bond acceptors (Lipinski definition) is 6. The highest BCUT2D eigenvalue weighted by Gasteiger charge is 2.14. The molecular formula is C20H19N5O2S. The van der Waals surface area contributed by atoms with E-state index in [1.165, 1.54) is 11.3 Å². The Morgan fingerprint density at radius 3 is 3.04 bits per heavy atom. The van der Waals surface area contributed by atoms with Gasteiger partial charge in [-0.25, -0.2) is 9.98 Å². The van der Waals surface area contributed by atoms with Crippen LogP contribution in [0.5, 0.6) is 0 Å². The van der Waals surface area contributed by atoms with Crippen LogP contribution in [0.25, 0.3) is 6.08 Å². The number of carbonyl (C=O) groups excluding carboxylic acids is 1. The Morgan fingerprint density at radius 2 is 2.25 bits per heavy atom. The van der Waals surface area contributed by atoms with Gasteiger partial charge in [-0.15, -0.1) is 11.3 Å². The lowest BCUT2D eigenvalue weighted by molar-refractivity contribution is 0.101. The number of aromatic nitrogens is 3. The van der Waals surface area contributed by atoms with Gasteiger partial charge in [-0.05, 0) is 35.9 Å². The fraction of sp³-hybridized carbons (Fsp3) is 0.200. The molecule has 0 aromatic carbocycles. The second-order valence-electron chi connectivity index (χ2n) is 6.29. The molecule has 142 valence electrons. The van der Waals surface area contributed by atoms with Gasteiger partial charge in [0.1, 0.15) is 18.3 Å². The molecule has 3 aromatic heterocycles. The first-order valence-corrected chi connectivity index (χ1v) is 9.72. The van der Waals surface area contributed by atoms with Crippen LogP contribution in [-0.4, -0.2) is 39.0 Å². The highest BCUT2D eigenvalue weighted by molar-refractivity contribution is 7.14. The van der Waals surface area contributed by atoms with Crippen LogP contribution in [0.4, 0.5) is 5.13 Å². The van der Waals surface area contributed by atoms with Crippen LogP contribution in [-0.2, 0) is 11.3 Å². The molecule has 0 saturated heterocycles. The summed E-state index contributed by atoms with van der Waals surface area (Å²) in [5.41, 5.74) is 2.44. The van der Waals surface area contributed by atoms with E-state index in [4.69, 9.17) is 4.74 Å². The smallest absolute Gasteiger partial charge is 0.274 e. The van der Waals surface area contributed by atoms with Crippen LogP contribution in [0, 0.1) is 0 Å². The molecule has 0 fully saturated rings. The molecule has 1 unspecified atom stereocenters. The predicted octanol–water partition coefficient (Wildman–Crippen LogP) is 3.47. The van der Waals surface area contributed by atoms with Crippen LogP contribution >= 0.6 is 11.3 Å². The number of aliphatic imine (C=N–C) groups is 1. The molecule has 1 aliphatic rings. The Hall–Kier alpha value is -3.26. The maximum absolute atomic E-state index is 12.7. The van der Waals surface area contributed by atoms with Gasteiger partial charge in [-0.3, -0.25) is 15.1 Å². The van der Waals surface area contributed by atoms with Gasteiger partial charge in [0.2, 0.25) is 0 Å². The van der Waals surface area contributed by atoms with E-state index in [-0.39, 0.29) is 11.9 Å². The standard InChI is InChI=1S/C20H19N5O2S/c1-14-22-16(12-27-14)4-5-17-13-28-20(23-17)24-19(26)18-3-2-10-25(18)11-15-6-8-21-9-7-15/h2-10,13,16H,11-12H2,1H3,(H,23,24,26)/b5-4+. The summed E-state index contributed by atoms with van der Waals surface area (Å²) in [5.74, 6) is 0.518. The first-order chi connectivity index (χ1) is 13.7. The van der Waals surface area contributed by atoms with Crippen LogP contribution < -0.4 is 5.32 Å². The van der Waals surface area contributed by atoms with Gasteiger partial charge in [0.25, 0.3) is 5.91 Å². The summed E-state index contributed by atoms with van der Waals surface area (Å²) in [6, 6.07) is 7.55. The summed E-state index contributed by atoms with van der Waals surface area (Å²) < 4.78 is 7.23. The van der Waals surface area contributed by atoms with E-state index in [9.17, 15) is 4.79 Å². The summed E-state index contributed by atoms with van der Waals surface area (Å²) in [7, 11) is 0. The maximum Gasteiger partial charge on any atom is 0.274 e. The highest BCUT2D eigenvalue weighted by Crippen LogP contribution is 2.19. The lowest BCUT2D eigenvalue weighted by Gasteiger charge is -2.08. The van der Waals surface area contributed by atoms with Gasteiger partial charge in [0.15, 0.2) is 11.0 Å². The molecule has 0 bridgehead atoms. The number of rotatable bonds is 6. The fourth-order valence-electron chi connectivity index (χ4n) is 2.85. The van der Waals surface area contributed by atoms with Crippen molar-refractivity contribution >= 4 is 34.3 Å². The molecule has 1 aliphatic heterocycles. The van der Waals surface area contributed by atoms with Crippen molar-refractivity contribution in [3.63, 3.8) is 0 Å². The molecule has 1 amide bonds. The van der Waals surface area contributed by atoms with Crippen molar-refractivity contribution in [2.45, 2.75) is 19.5 Å². The van der Waals surface area contributed by atoms with Crippen LogP contribution in [0.15, 0.2) is 59.3 Å². The monoisotopic (exact) mass is 393 g/mol. The highest BCUT2D eigenvalue weighted by atomic mass is 32.1. The van der Waals surface area contributed by atoms with Crippen LogP contribution in [0.1, 0.15) is 28.7 Å². The van der Waals surface area contributed by atoms with Gasteiger partial charge in [0, 0.05) is 37.4 Å². The van der Waals surface area contributed by atoms with E-state index in [2.05, 4.69) is 20.3 Å². The number of hydrogen-bond donors (Lipinski definition) is 1. The van der Waals surface area contributed by atoms with Gasteiger partial charge in [0.05, 0.1) is 5.69 Å². The number of carbonyl (C=O) groups is 1. The van der Waals surface area contributed by atoms with Gasteiger partial charge < -0.3 is 9.30 Å². The topological polar surface area (TPSA) is 81.4 Å². The third-order valence-corrected chi connectivity index (χ3v) is 4.98. The maximum atomic E-state index is 12.7. The summed E-state index contributed by atoms with van der Waals surface area (Å²) in [6.07, 6.45) is 9.23. The number of ether oxygens (including phenoxy) is 1. The normalized spacial score (nSPS) is 16.2. The Labute approximate surface area is 166 Å². The Bertz CT molecular complexity index is 1020. The SMILES string of the molecule is CC1=NC(/C=C/c2csc(NC(=O)c3cccn3Cc3ccncc3)n2)CO1. The number of thiazole rings is 1. The molecule has 0 radical (unpaired) electrons. The zero-order valence-corrected chi connectivity index (χ0v) is 16.1. The molecule has 7 nitrogen and oxygen atoms in total. The number of amides is 1. The number of anilines is 1.